The van der Waals surface area contributed by atoms with Gasteiger partial charge in [0.15, 0.2) is 0 Å². The Balaban J connectivity index is 1.95. The minimum atomic E-state index is 0.375. The zero-order valence-corrected chi connectivity index (χ0v) is 10.1. The van der Waals surface area contributed by atoms with E-state index in [1.807, 2.05) is 29.1 Å². The Morgan fingerprint density at radius 3 is 2.76 bits per heavy atom. The number of hydrogen-bond acceptors (Lipinski definition) is 4. The fourth-order valence-electron chi connectivity index (χ4n) is 1.44. The van der Waals surface area contributed by atoms with Gasteiger partial charge >= 0.3 is 0 Å². The first-order chi connectivity index (χ1) is 8.15. The van der Waals surface area contributed by atoms with E-state index >= 15 is 0 Å². The lowest BCUT2D eigenvalue weighted by Gasteiger charge is -2.05. The summed E-state index contributed by atoms with van der Waals surface area (Å²) in [7, 11) is 0. The van der Waals surface area contributed by atoms with Crippen molar-refractivity contribution in [1.82, 2.24) is 14.8 Å². The maximum absolute atomic E-state index is 5.57. The van der Waals surface area contributed by atoms with Crippen LogP contribution in [-0.4, -0.2) is 14.8 Å². The average molecular weight is 231 g/mol. The fraction of sp³-hybridized carbons (Fsp3) is 0.333. The van der Waals surface area contributed by atoms with Crippen molar-refractivity contribution in [2.45, 2.75) is 26.4 Å². The molecule has 17 heavy (non-hydrogen) atoms. The Hall–Kier alpha value is -2.04. The van der Waals surface area contributed by atoms with Gasteiger partial charge < -0.3 is 11.1 Å². The number of nitrogens with zero attached hydrogens (tertiary/aromatic N) is 3. The summed E-state index contributed by atoms with van der Waals surface area (Å²) < 4.78 is 1.92. The lowest BCUT2D eigenvalue weighted by atomic mass is 10.3. The Morgan fingerprint density at radius 1 is 1.35 bits per heavy atom. The summed E-state index contributed by atoms with van der Waals surface area (Å²) in [4.78, 5) is 4.21. The number of pyridine rings is 1. The van der Waals surface area contributed by atoms with E-state index in [0.717, 1.165) is 11.5 Å². The Bertz CT molecular complexity index is 472. The van der Waals surface area contributed by atoms with Gasteiger partial charge in [-0.2, -0.15) is 5.10 Å². The molecular weight excluding hydrogens is 214 g/mol. The van der Waals surface area contributed by atoms with Crippen LogP contribution in [0.5, 0.6) is 0 Å². The maximum atomic E-state index is 5.57. The molecule has 0 bridgehead atoms. The first kappa shape index (κ1) is 11.4. The van der Waals surface area contributed by atoms with E-state index in [1.54, 1.807) is 6.20 Å². The minimum absolute atomic E-state index is 0.375. The molecule has 5 heteroatoms. The molecule has 0 unspecified atom stereocenters. The molecule has 0 aromatic carbocycles. The van der Waals surface area contributed by atoms with E-state index in [1.165, 1.54) is 0 Å². The van der Waals surface area contributed by atoms with Crippen LogP contribution in [0.15, 0.2) is 30.6 Å². The summed E-state index contributed by atoms with van der Waals surface area (Å²) in [6.07, 6.45) is 3.62. The van der Waals surface area contributed by atoms with Crippen LogP contribution in [0.25, 0.3) is 0 Å². The summed E-state index contributed by atoms with van der Waals surface area (Å²) >= 11 is 0. The smallest absolute Gasteiger partial charge is 0.148 e. The summed E-state index contributed by atoms with van der Waals surface area (Å²) in [5.41, 5.74) is 7.19. The zero-order valence-electron chi connectivity index (χ0n) is 10.1. The normalized spacial score (nSPS) is 10.8. The molecular formula is C12H17N5. The van der Waals surface area contributed by atoms with E-state index in [0.29, 0.717) is 18.3 Å². The maximum Gasteiger partial charge on any atom is 0.148 e. The molecule has 0 amide bonds. The number of nitrogen functional groups attached to an aromatic ring is 1. The predicted molar refractivity (Wildman–Crippen MR) is 68.6 cm³/mol. The van der Waals surface area contributed by atoms with Crippen molar-refractivity contribution in [3.05, 3.63) is 36.3 Å². The average Bonchev–Trinajstić information content (AvgIpc) is 2.77. The molecule has 0 radical (unpaired) electrons. The van der Waals surface area contributed by atoms with Crippen LogP contribution in [0.4, 0.5) is 11.5 Å². The quantitative estimate of drug-likeness (QED) is 0.845. The fourth-order valence-corrected chi connectivity index (χ4v) is 1.44. The van der Waals surface area contributed by atoms with Crippen molar-refractivity contribution in [3.63, 3.8) is 0 Å². The van der Waals surface area contributed by atoms with E-state index in [4.69, 9.17) is 5.73 Å². The van der Waals surface area contributed by atoms with Crippen LogP contribution in [0.1, 0.15) is 25.6 Å². The van der Waals surface area contributed by atoms with E-state index in [2.05, 4.69) is 29.2 Å². The third-order valence-corrected chi connectivity index (χ3v) is 2.44. The van der Waals surface area contributed by atoms with Gasteiger partial charge in [0.1, 0.15) is 5.82 Å². The highest BCUT2D eigenvalue weighted by atomic mass is 15.3. The van der Waals surface area contributed by atoms with E-state index in [-0.39, 0.29) is 0 Å². The lowest BCUT2D eigenvalue weighted by molar-refractivity contribution is 0.534. The van der Waals surface area contributed by atoms with Gasteiger partial charge in [-0.3, -0.25) is 9.67 Å². The molecule has 2 aromatic heterocycles. The predicted octanol–water partition coefficient (Wildman–Crippen LogP) is 2.05. The highest BCUT2D eigenvalue weighted by Gasteiger charge is 2.01. The lowest BCUT2D eigenvalue weighted by Crippen LogP contribution is -2.05. The van der Waals surface area contributed by atoms with Gasteiger partial charge in [-0.25, -0.2) is 0 Å². The highest BCUT2D eigenvalue weighted by molar-refractivity contribution is 5.36. The van der Waals surface area contributed by atoms with Crippen LogP contribution >= 0.6 is 0 Å². The van der Waals surface area contributed by atoms with Crippen LogP contribution in [-0.2, 0) is 6.54 Å². The third kappa shape index (κ3) is 2.96. The van der Waals surface area contributed by atoms with Crippen molar-refractivity contribution < 1.29 is 0 Å². The van der Waals surface area contributed by atoms with Crippen LogP contribution in [0, 0.1) is 0 Å². The van der Waals surface area contributed by atoms with E-state index in [9.17, 15) is 0 Å². The molecule has 2 heterocycles. The molecule has 0 aliphatic rings. The molecule has 2 rings (SSSR count). The Labute approximate surface area is 101 Å². The molecule has 0 aliphatic carbocycles. The summed E-state index contributed by atoms with van der Waals surface area (Å²) in [5.74, 6) is 0.859. The molecule has 3 N–H and O–H groups in total. The van der Waals surface area contributed by atoms with Crippen LogP contribution in [0.2, 0.25) is 0 Å². The topological polar surface area (TPSA) is 68.8 Å². The van der Waals surface area contributed by atoms with Gasteiger partial charge in [0.25, 0.3) is 0 Å². The number of nitrogens with one attached hydrogen (secondary N) is 1. The zero-order chi connectivity index (χ0) is 12.3. The van der Waals surface area contributed by atoms with Gasteiger partial charge in [-0.15, -0.1) is 0 Å². The van der Waals surface area contributed by atoms with Crippen molar-refractivity contribution in [3.8, 4) is 0 Å². The molecule has 0 fully saturated rings. The molecule has 5 nitrogen and oxygen atoms in total. The molecule has 0 saturated carbocycles. The number of anilines is 2. The summed E-state index contributed by atoms with van der Waals surface area (Å²) in [6.45, 7) is 4.84. The number of hydrogen-bond donors (Lipinski definition) is 2. The van der Waals surface area contributed by atoms with Crippen molar-refractivity contribution in [1.29, 1.82) is 0 Å². The van der Waals surface area contributed by atoms with Gasteiger partial charge in [0.2, 0.25) is 0 Å². The van der Waals surface area contributed by atoms with Crippen LogP contribution < -0.4 is 11.1 Å². The largest absolute Gasteiger partial charge is 0.397 e. The highest BCUT2D eigenvalue weighted by Crippen LogP contribution is 2.09. The Kier molecular flexibility index (Phi) is 3.27. The molecule has 2 aromatic rings. The van der Waals surface area contributed by atoms with E-state index < -0.39 is 0 Å². The van der Waals surface area contributed by atoms with Gasteiger partial charge in [-0.05, 0) is 26.0 Å². The molecule has 0 spiro atoms. The first-order valence-corrected chi connectivity index (χ1v) is 5.64. The van der Waals surface area contributed by atoms with Gasteiger partial charge in [0.05, 0.1) is 24.1 Å². The van der Waals surface area contributed by atoms with Crippen molar-refractivity contribution in [2.24, 2.45) is 0 Å². The monoisotopic (exact) mass is 231 g/mol. The molecule has 90 valence electrons. The second-order valence-corrected chi connectivity index (χ2v) is 4.21. The van der Waals surface area contributed by atoms with Crippen molar-refractivity contribution >= 4 is 11.5 Å². The molecule has 0 saturated heterocycles. The minimum Gasteiger partial charge on any atom is -0.397 e. The molecule has 0 aliphatic heterocycles. The van der Waals surface area contributed by atoms with Crippen molar-refractivity contribution in [2.75, 3.05) is 11.1 Å². The third-order valence-electron chi connectivity index (χ3n) is 2.44. The number of rotatable bonds is 4. The van der Waals surface area contributed by atoms with Crippen LogP contribution in [0.3, 0.4) is 0 Å². The molecule has 0 atom stereocenters. The van der Waals surface area contributed by atoms with Gasteiger partial charge in [-0.1, -0.05) is 0 Å². The summed E-state index contributed by atoms with van der Waals surface area (Å²) in [5, 5.41) is 7.62. The Morgan fingerprint density at radius 2 is 2.18 bits per heavy atom. The second kappa shape index (κ2) is 4.86. The SMILES string of the molecule is CC(C)n1ccc(NCc2ccc(N)cn2)n1. The number of aromatic nitrogens is 3. The standard InChI is InChI=1S/C12H17N5/c1-9(2)17-6-5-12(16-17)15-8-11-4-3-10(13)7-14-11/h3-7,9H,8,13H2,1-2H3,(H,15,16). The number of nitrogens with two attached hydrogens (primary N) is 1. The summed E-state index contributed by atoms with van der Waals surface area (Å²) in [6, 6.07) is 6.08. The first-order valence-electron chi connectivity index (χ1n) is 5.64. The second-order valence-electron chi connectivity index (χ2n) is 4.21. The van der Waals surface area contributed by atoms with Gasteiger partial charge in [0, 0.05) is 18.3 Å².